The molecule has 120 valence electrons. The highest BCUT2D eigenvalue weighted by atomic mass is 16.3. The van der Waals surface area contributed by atoms with Crippen molar-refractivity contribution >= 4 is 11.8 Å². The van der Waals surface area contributed by atoms with Crippen molar-refractivity contribution in [3.05, 3.63) is 35.4 Å². The molecule has 1 atom stereocenters. The van der Waals surface area contributed by atoms with E-state index in [0.29, 0.717) is 25.9 Å². The minimum Gasteiger partial charge on any atom is -0.379 e. The lowest BCUT2D eigenvalue weighted by Gasteiger charge is -2.36. The number of primary amides is 1. The lowest BCUT2D eigenvalue weighted by atomic mass is 9.92. The third kappa shape index (κ3) is 4.29. The summed E-state index contributed by atoms with van der Waals surface area (Å²) in [5.41, 5.74) is 5.90. The first-order chi connectivity index (χ1) is 10.4. The third-order valence-electron chi connectivity index (χ3n) is 3.95. The van der Waals surface area contributed by atoms with E-state index in [2.05, 4.69) is 5.32 Å². The van der Waals surface area contributed by atoms with Gasteiger partial charge in [0.05, 0.1) is 6.54 Å². The number of piperidine rings is 1. The maximum Gasteiger partial charge on any atom is 0.250 e. The van der Waals surface area contributed by atoms with E-state index >= 15 is 0 Å². The van der Waals surface area contributed by atoms with Gasteiger partial charge < -0.3 is 16.2 Å². The normalized spacial score (nSPS) is 22.3. The Labute approximate surface area is 130 Å². The fourth-order valence-corrected chi connectivity index (χ4v) is 2.74. The van der Waals surface area contributed by atoms with Gasteiger partial charge in [0, 0.05) is 13.1 Å². The van der Waals surface area contributed by atoms with Gasteiger partial charge in [0.1, 0.15) is 0 Å². The first kappa shape index (κ1) is 16.5. The van der Waals surface area contributed by atoms with Crippen LogP contribution in [0, 0.1) is 6.92 Å². The molecule has 1 saturated heterocycles. The minimum absolute atomic E-state index is 0.111. The Balaban J connectivity index is 1.83. The molecule has 0 spiro atoms. The fraction of sp³-hybridized carbons (Fsp3) is 0.500. The van der Waals surface area contributed by atoms with Crippen LogP contribution >= 0.6 is 0 Å². The summed E-state index contributed by atoms with van der Waals surface area (Å²) in [6.07, 6.45) is 0.994. The number of aryl methyl sites for hydroxylation is 1. The predicted octanol–water partition coefficient (Wildman–Crippen LogP) is -0.0766. The number of benzene rings is 1. The number of likely N-dealkylation sites (tertiary alicyclic amines) is 1. The average molecular weight is 305 g/mol. The SMILES string of the molecule is Cc1cccc(CNC(=O)CN2CCC[C@@](O)(C(N)=O)C2)c1. The summed E-state index contributed by atoms with van der Waals surface area (Å²) in [4.78, 5) is 25.1. The molecule has 0 bridgehead atoms. The molecule has 22 heavy (non-hydrogen) atoms. The number of β-amino-alcohol motifs (C(OH)–C–C–N with tert-alkyl or cyclic N) is 1. The summed E-state index contributed by atoms with van der Waals surface area (Å²) < 4.78 is 0. The van der Waals surface area contributed by atoms with E-state index in [-0.39, 0.29) is 19.0 Å². The molecule has 2 amide bonds. The second kappa shape index (κ2) is 6.89. The van der Waals surface area contributed by atoms with Crippen molar-refractivity contribution < 1.29 is 14.7 Å². The number of rotatable bonds is 5. The quantitative estimate of drug-likeness (QED) is 0.709. The van der Waals surface area contributed by atoms with Crippen LogP contribution in [0.25, 0.3) is 0 Å². The first-order valence-corrected chi connectivity index (χ1v) is 7.46. The van der Waals surface area contributed by atoms with Gasteiger partial charge in [-0.05, 0) is 31.9 Å². The fourth-order valence-electron chi connectivity index (χ4n) is 2.74. The predicted molar refractivity (Wildman–Crippen MR) is 82.8 cm³/mol. The van der Waals surface area contributed by atoms with Crippen LogP contribution in [0.2, 0.25) is 0 Å². The first-order valence-electron chi connectivity index (χ1n) is 7.46. The molecule has 4 N–H and O–H groups in total. The highest BCUT2D eigenvalue weighted by Gasteiger charge is 2.38. The number of nitrogens with zero attached hydrogens (tertiary/aromatic N) is 1. The highest BCUT2D eigenvalue weighted by molar-refractivity contribution is 5.84. The molecule has 1 aliphatic rings. The number of aliphatic hydroxyl groups is 1. The maximum absolute atomic E-state index is 12.0. The molecule has 0 unspecified atom stereocenters. The van der Waals surface area contributed by atoms with Gasteiger partial charge in [0.2, 0.25) is 5.91 Å². The van der Waals surface area contributed by atoms with Crippen molar-refractivity contribution in [1.82, 2.24) is 10.2 Å². The molecule has 0 saturated carbocycles. The number of carbonyl (C=O) groups is 2. The Kier molecular flexibility index (Phi) is 5.15. The van der Waals surface area contributed by atoms with Crippen molar-refractivity contribution in [2.24, 2.45) is 5.73 Å². The summed E-state index contributed by atoms with van der Waals surface area (Å²) in [6.45, 7) is 3.41. The summed E-state index contributed by atoms with van der Waals surface area (Å²) in [5.74, 6) is -0.854. The Hall–Kier alpha value is -1.92. The monoisotopic (exact) mass is 305 g/mol. The standard InChI is InChI=1S/C16H23N3O3/c1-12-4-2-5-13(8-12)9-18-14(20)10-19-7-3-6-16(22,11-19)15(17)21/h2,4-5,8,22H,3,6-7,9-11H2,1H3,(H2,17,21)(H,18,20)/t16-/m0/s1. The number of amides is 2. The Morgan fingerprint density at radius 3 is 2.91 bits per heavy atom. The van der Waals surface area contributed by atoms with Gasteiger partial charge in [0.25, 0.3) is 5.91 Å². The molecule has 1 aromatic carbocycles. The minimum atomic E-state index is -1.52. The second-order valence-electron chi connectivity index (χ2n) is 5.98. The van der Waals surface area contributed by atoms with E-state index in [1.807, 2.05) is 31.2 Å². The molecule has 0 aromatic heterocycles. The van der Waals surface area contributed by atoms with Crippen molar-refractivity contribution in [1.29, 1.82) is 0 Å². The van der Waals surface area contributed by atoms with E-state index in [1.165, 1.54) is 0 Å². The van der Waals surface area contributed by atoms with Gasteiger partial charge in [0.15, 0.2) is 5.60 Å². The molecule has 1 aliphatic heterocycles. The number of nitrogens with one attached hydrogen (secondary N) is 1. The van der Waals surface area contributed by atoms with Gasteiger partial charge in [-0.2, -0.15) is 0 Å². The van der Waals surface area contributed by atoms with Crippen LogP contribution in [0.3, 0.4) is 0 Å². The van der Waals surface area contributed by atoms with Crippen molar-refractivity contribution in [2.75, 3.05) is 19.6 Å². The van der Waals surface area contributed by atoms with Crippen LogP contribution in [0.1, 0.15) is 24.0 Å². The topological polar surface area (TPSA) is 95.7 Å². The zero-order valence-corrected chi connectivity index (χ0v) is 12.8. The van der Waals surface area contributed by atoms with Crippen LogP contribution in [-0.4, -0.2) is 47.1 Å². The van der Waals surface area contributed by atoms with Crippen molar-refractivity contribution in [3.8, 4) is 0 Å². The third-order valence-corrected chi connectivity index (χ3v) is 3.95. The lowest BCUT2D eigenvalue weighted by Crippen LogP contribution is -2.57. The molecule has 1 heterocycles. The average Bonchev–Trinajstić information content (AvgIpc) is 2.45. The number of hydrogen-bond acceptors (Lipinski definition) is 4. The zero-order valence-electron chi connectivity index (χ0n) is 12.8. The molecule has 2 rings (SSSR count). The van der Waals surface area contributed by atoms with Gasteiger partial charge in [-0.3, -0.25) is 14.5 Å². The summed E-state index contributed by atoms with van der Waals surface area (Å²) in [5, 5.41) is 13.0. The van der Waals surface area contributed by atoms with E-state index in [0.717, 1.165) is 11.1 Å². The maximum atomic E-state index is 12.0. The van der Waals surface area contributed by atoms with E-state index in [4.69, 9.17) is 5.73 Å². The van der Waals surface area contributed by atoms with Crippen LogP contribution in [-0.2, 0) is 16.1 Å². The van der Waals surface area contributed by atoms with E-state index in [9.17, 15) is 14.7 Å². The Morgan fingerprint density at radius 2 is 2.23 bits per heavy atom. The van der Waals surface area contributed by atoms with E-state index < -0.39 is 11.5 Å². The molecular formula is C16H23N3O3. The molecule has 1 aromatic rings. The summed E-state index contributed by atoms with van der Waals surface area (Å²) in [6, 6.07) is 7.94. The molecular weight excluding hydrogens is 282 g/mol. The van der Waals surface area contributed by atoms with Gasteiger partial charge in [-0.15, -0.1) is 0 Å². The van der Waals surface area contributed by atoms with Crippen LogP contribution in [0.4, 0.5) is 0 Å². The van der Waals surface area contributed by atoms with Gasteiger partial charge in [-0.25, -0.2) is 0 Å². The Morgan fingerprint density at radius 1 is 1.45 bits per heavy atom. The van der Waals surface area contributed by atoms with Crippen LogP contribution < -0.4 is 11.1 Å². The second-order valence-corrected chi connectivity index (χ2v) is 5.98. The smallest absolute Gasteiger partial charge is 0.250 e. The lowest BCUT2D eigenvalue weighted by molar-refractivity contribution is -0.143. The highest BCUT2D eigenvalue weighted by Crippen LogP contribution is 2.20. The molecule has 6 heteroatoms. The summed E-state index contributed by atoms with van der Waals surface area (Å²) in [7, 11) is 0. The number of carbonyl (C=O) groups excluding carboxylic acids is 2. The molecule has 1 fully saturated rings. The number of nitrogens with two attached hydrogens (primary N) is 1. The number of hydrogen-bond donors (Lipinski definition) is 3. The van der Waals surface area contributed by atoms with Crippen LogP contribution in [0.5, 0.6) is 0 Å². The summed E-state index contributed by atoms with van der Waals surface area (Å²) >= 11 is 0. The van der Waals surface area contributed by atoms with E-state index in [1.54, 1.807) is 4.90 Å². The van der Waals surface area contributed by atoms with Gasteiger partial charge in [-0.1, -0.05) is 29.8 Å². The zero-order chi connectivity index (χ0) is 16.2. The van der Waals surface area contributed by atoms with Crippen molar-refractivity contribution in [2.45, 2.75) is 31.9 Å². The van der Waals surface area contributed by atoms with Crippen LogP contribution in [0.15, 0.2) is 24.3 Å². The van der Waals surface area contributed by atoms with Gasteiger partial charge >= 0.3 is 0 Å². The Bertz CT molecular complexity index is 561. The van der Waals surface area contributed by atoms with Crippen molar-refractivity contribution in [3.63, 3.8) is 0 Å². The largest absolute Gasteiger partial charge is 0.379 e. The molecule has 0 aliphatic carbocycles. The molecule has 6 nitrogen and oxygen atoms in total. The molecule has 0 radical (unpaired) electrons.